The van der Waals surface area contributed by atoms with E-state index in [1.54, 1.807) is 15.8 Å². The highest BCUT2D eigenvalue weighted by molar-refractivity contribution is 6.04. The van der Waals surface area contributed by atoms with Gasteiger partial charge in [0.05, 0.1) is 6.61 Å². The van der Waals surface area contributed by atoms with E-state index in [4.69, 9.17) is 4.74 Å². The van der Waals surface area contributed by atoms with Gasteiger partial charge in [-0.15, -0.1) is 0 Å². The minimum Gasteiger partial charge on any atom is -0.476 e. The normalized spacial score (nSPS) is 18.2. The fourth-order valence-electron chi connectivity index (χ4n) is 4.50. The van der Waals surface area contributed by atoms with Crippen molar-refractivity contribution in [2.45, 2.75) is 26.3 Å². The zero-order valence-corrected chi connectivity index (χ0v) is 18.6. The number of rotatable bonds is 4. The molecule has 0 bridgehead atoms. The van der Waals surface area contributed by atoms with Crippen molar-refractivity contribution < 1.29 is 9.53 Å². The van der Waals surface area contributed by atoms with E-state index in [1.165, 1.54) is 5.69 Å². The van der Waals surface area contributed by atoms with Gasteiger partial charge in [0.1, 0.15) is 11.5 Å². The van der Waals surface area contributed by atoms with Gasteiger partial charge in [0.25, 0.3) is 0 Å². The van der Waals surface area contributed by atoms with Crippen molar-refractivity contribution in [3.8, 4) is 5.88 Å². The summed E-state index contributed by atoms with van der Waals surface area (Å²) in [5.74, 6) is 1.09. The summed E-state index contributed by atoms with van der Waals surface area (Å²) < 4.78 is 7.37. The van der Waals surface area contributed by atoms with Gasteiger partial charge in [-0.2, -0.15) is 10.1 Å². The van der Waals surface area contributed by atoms with Crippen LogP contribution in [0, 0.1) is 0 Å². The van der Waals surface area contributed by atoms with Gasteiger partial charge in [0.15, 0.2) is 5.65 Å². The van der Waals surface area contributed by atoms with Crippen LogP contribution in [0.1, 0.15) is 19.4 Å². The maximum absolute atomic E-state index is 13.3. The second kappa shape index (κ2) is 8.27. The van der Waals surface area contributed by atoms with E-state index >= 15 is 0 Å². The smallest absolute Gasteiger partial charge is 0.327 e. The Balaban J connectivity index is 1.41. The summed E-state index contributed by atoms with van der Waals surface area (Å²) in [5.41, 5.74) is 3.41. The van der Waals surface area contributed by atoms with Gasteiger partial charge in [0.2, 0.25) is 5.88 Å². The summed E-state index contributed by atoms with van der Waals surface area (Å²) in [6.07, 6.45) is 4.44. The van der Waals surface area contributed by atoms with E-state index in [9.17, 15) is 4.79 Å². The number of fused-ring (bicyclic) bond motifs is 2. The third kappa shape index (κ3) is 3.70. The maximum Gasteiger partial charge on any atom is 0.327 e. The second-order valence-corrected chi connectivity index (χ2v) is 8.25. The summed E-state index contributed by atoms with van der Waals surface area (Å²) in [4.78, 5) is 26.4. The highest BCUT2D eigenvalue weighted by atomic mass is 16.5. The lowest BCUT2D eigenvalue weighted by Crippen LogP contribution is -2.49. The van der Waals surface area contributed by atoms with E-state index in [0.717, 1.165) is 42.8 Å². The van der Waals surface area contributed by atoms with Crippen LogP contribution in [0.25, 0.3) is 11.0 Å². The third-order valence-corrected chi connectivity index (χ3v) is 5.90. The number of ether oxygens (including phenoxy) is 1. The van der Waals surface area contributed by atoms with Crippen LogP contribution in [-0.4, -0.2) is 64.6 Å². The molecular formula is C22H28N8O2. The lowest BCUT2D eigenvalue weighted by atomic mass is 10.1. The number of anilines is 3. The van der Waals surface area contributed by atoms with Crippen LogP contribution in [0.3, 0.4) is 0 Å². The quantitative estimate of drug-likeness (QED) is 0.646. The van der Waals surface area contributed by atoms with E-state index < -0.39 is 0 Å². The fraction of sp³-hybridized carbons (Fsp3) is 0.455. The predicted octanol–water partition coefficient (Wildman–Crippen LogP) is 2.15. The summed E-state index contributed by atoms with van der Waals surface area (Å²) in [5, 5.41) is 11.6. The number of nitrogens with zero attached hydrogens (tertiary/aromatic N) is 6. The van der Waals surface area contributed by atoms with Crippen molar-refractivity contribution in [1.82, 2.24) is 25.1 Å². The second-order valence-electron chi connectivity index (χ2n) is 8.25. The molecule has 2 aliphatic rings. The Kier molecular flexibility index (Phi) is 5.30. The Morgan fingerprint density at radius 3 is 3.06 bits per heavy atom. The number of carbonyl (C=O) groups excluding carboxylic acids is 1. The molecular weight excluding hydrogens is 408 g/mol. The molecule has 3 aromatic rings. The zero-order chi connectivity index (χ0) is 22.2. The molecule has 1 saturated heterocycles. The summed E-state index contributed by atoms with van der Waals surface area (Å²) >= 11 is 0. The molecule has 0 unspecified atom stereocenters. The first-order valence-corrected chi connectivity index (χ1v) is 11.1. The summed E-state index contributed by atoms with van der Waals surface area (Å²) in [7, 11) is 1.84. The van der Waals surface area contributed by atoms with Gasteiger partial charge in [-0.05, 0) is 32.4 Å². The van der Waals surface area contributed by atoms with Crippen LogP contribution in [0.2, 0.25) is 0 Å². The number of aromatic nitrogens is 4. The minimum atomic E-state index is -0.243. The number of piperazine rings is 1. The average molecular weight is 437 g/mol. The molecule has 0 radical (unpaired) electrons. The van der Waals surface area contributed by atoms with Gasteiger partial charge < -0.3 is 20.3 Å². The molecule has 2 aliphatic heterocycles. The molecule has 0 saturated carbocycles. The SMILES string of the molecule is CCOc1nc2nn(C)cc2cc1NC(=O)N1CCc2c(N3CCN[C@H](C)C3)ccnc21. The van der Waals surface area contributed by atoms with Crippen molar-refractivity contribution in [3.05, 3.63) is 30.1 Å². The molecule has 2 N–H and O–H groups in total. The first-order chi connectivity index (χ1) is 15.5. The Hall–Kier alpha value is -3.40. The van der Waals surface area contributed by atoms with Gasteiger partial charge in [0, 0.05) is 68.3 Å². The number of nitrogens with one attached hydrogen (secondary N) is 2. The molecule has 5 heterocycles. The van der Waals surface area contributed by atoms with E-state index in [1.807, 2.05) is 26.2 Å². The largest absolute Gasteiger partial charge is 0.476 e. The molecule has 1 fully saturated rings. The summed E-state index contributed by atoms with van der Waals surface area (Å²) in [6, 6.07) is 4.10. The first kappa shape index (κ1) is 20.5. The Labute approximate surface area is 186 Å². The Morgan fingerprint density at radius 2 is 2.25 bits per heavy atom. The molecule has 32 heavy (non-hydrogen) atoms. The molecule has 168 valence electrons. The molecule has 0 aromatic carbocycles. The average Bonchev–Trinajstić information content (AvgIpc) is 3.36. The van der Waals surface area contributed by atoms with Gasteiger partial charge in [-0.3, -0.25) is 9.58 Å². The van der Waals surface area contributed by atoms with Crippen LogP contribution >= 0.6 is 0 Å². The van der Waals surface area contributed by atoms with Crippen LogP contribution in [-0.2, 0) is 13.5 Å². The van der Waals surface area contributed by atoms with Crippen molar-refractivity contribution >= 4 is 34.3 Å². The molecule has 10 heteroatoms. The van der Waals surface area contributed by atoms with Crippen molar-refractivity contribution in [3.63, 3.8) is 0 Å². The molecule has 0 spiro atoms. The van der Waals surface area contributed by atoms with Crippen LogP contribution in [0.4, 0.5) is 22.0 Å². The maximum atomic E-state index is 13.3. The fourth-order valence-corrected chi connectivity index (χ4v) is 4.50. The number of hydrogen-bond acceptors (Lipinski definition) is 7. The third-order valence-electron chi connectivity index (χ3n) is 5.90. The van der Waals surface area contributed by atoms with Gasteiger partial charge in [-0.25, -0.2) is 9.78 Å². The highest BCUT2D eigenvalue weighted by Crippen LogP contribution is 2.35. The van der Waals surface area contributed by atoms with E-state index in [0.29, 0.717) is 36.4 Å². The topological polar surface area (TPSA) is 100 Å². The number of aryl methyl sites for hydroxylation is 1. The zero-order valence-electron chi connectivity index (χ0n) is 18.6. The molecule has 0 aliphatic carbocycles. The Bertz CT molecular complexity index is 1160. The van der Waals surface area contributed by atoms with E-state index in [-0.39, 0.29) is 6.03 Å². The lowest BCUT2D eigenvalue weighted by Gasteiger charge is -2.34. The van der Waals surface area contributed by atoms with Crippen molar-refractivity contribution in [2.75, 3.05) is 47.9 Å². The summed E-state index contributed by atoms with van der Waals surface area (Å²) in [6.45, 7) is 7.94. The number of carbonyl (C=O) groups is 1. The van der Waals surface area contributed by atoms with E-state index in [2.05, 4.69) is 43.6 Å². The number of urea groups is 1. The van der Waals surface area contributed by atoms with Gasteiger partial charge >= 0.3 is 6.03 Å². The lowest BCUT2D eigenvalue weighted by molar-refractivity contribution is 0.257. The monoisotopic (exact) mass is 436 g/mol. The first-order valence-electron chi connectivity index (χ1n) is 11.1. The molecule has 3 aromatic heterocycles. The number of pyridine rings is 2. The van der Waals surface area contributed by atoms with Crippen LogP contribution < -0.4 is 25.2 Å². The minimum absolute atomic E-state index is 0.243. The van der Waals surface area contributed by atoms with Crippen molar-refractivity contribution in [2.24, 2.45) is 7.05 Å². The molecule has 1 atom stereocenters. The predicted molar refractivity (Wildman–Crippen MR) is 124 cm³/mol. The van der Waals surface area contributed by atoms with Crippen molar-refractivity contribution in [1.29, 1.82) is 0 Å². The van der Waals surface area contributed by atoms with Crippen LogP contribution in [0.15, 0.2) is 24.5 Å². The molecule has 2 amide bonds. The standard InChI is InChI=1S/C22H28N8O2/c1-4-32-21-17(11-15-13-28(3)27-19(15)26-21)25-22(31)30-9-6-16-18(5-7-24-20(16)30)29-10-8-23-14(2)12-29/h5,7,11,13-14,23H,4,6,8-10,12H2,1-3H3,(H,25,31)/t14-/m1/s1. The molecule has 10 nitrogen and oxygen atoms in total. The number of amides is 2. The van der Waals surface area contributed by atoms with Gasteiger partial charge in [-0.1, -0.05) is 0 Å². The highest BCUT2D eigenvalue weighted by Gasteiger charge is 2.31. The molecule has 5 rings (SSSR count). The van der Waals surface area contributed by atoms with Crippen LogP contribution in [0.5, 0.6) is 5.88 Å². The number of hydrogen-bond donors (Lipinski definition) is 2. The Morgan fingerprint density at radius 1 is 1.38 bits per heavy atom.